The first-order chi connectivity index (χ1) is 6.26. The molecule has 3 N–H and O–H groups in total. The van der Waals surface area contributed by atoms with Crippen molar-refractivity contribution in [3.63, 3.8) is 0 Å². The maximum absolute atomic E-state index is 11.1. The van der Waals surface area contributed by atoms with Crippen LogP contribution >= 0.6 is 11.8 Å². The normalized spacial score (nSPS) is 10.3. The van der Waals surface area contributed by atoms with Crippen LogP contribution < -0.4 is 11.3 Å². The number of nitrogens with zero attached hydrogens (tertiary/aromatic N) is 1. The molecule has 0 saturated carbocycles. The third-order valence-electron chi connectivity index (χ3n) is 1.49. The number of nitrogens with two attached hydrogens (primary N) is 1. The predicted octanol–water partition coefficient (Wildman–Crippen LogP) is 0.383. The standard InChI is InChI=1S/C8H13N3OS/c1-2-6-5-7(12)11-8(10-6)13-4-3-9/h5H,2-4,9H2,1H3,(H,10,11,12). The highest BCUT2D eigenvalue weighted by atomic mass is 32.2. The van der Waals surface area contributed by atoms with Gasteiger partial charge in [0.15, 0.2) is 5.16 Å². The lowest BCUT2D eigenvalue weighted by Crippen LogP contribution is -2.10. The summed E-state index contributed by atoms with van der Waals surface area (Å²) in [5, 5.41) is 0.662. The Bertz CT molecular complexity index is 323. The van der Waals surface area contributed by atoms with Crippen LogP contribution in [0.15, 0.2) is 16.0 Å². The van der Waals surface area contributed by atoms with Crippen LogP contribution in [-0.2, 0) is 6.42 Å². The zero-order valence-corrected chi connectivity index (χ0v) is 8.36. The van der Waals surface area contributed by atoms with Crippen molar-refractivity contribution in [3.8, 4) is 0 Å². The Morgan fingerprint density at radius 1 is 1.69 bits per heavy atom. The Morgan fingerprint density at radius 3 is 3.08 bits per heavy atom. The molecule has 0 bridgehead atoms. The van der Waals surface area contributed by atoms with Gasteiger partial charge in [-0.2, -0.15) is 0 Å². The highest BCUT2D eigenvalue weighted by Crippen LogP contribution is 2.09. The number of H-pyrrole nitrogens is 1. The maximum Gasteiger partial charge on any atom is 0.251 e. The van der Waals surface area contributed by atoms with E-state index in [1.54, 1.807) is 0 Å². The highest BCUT2D eigenvalue weighted by Gasteiger charge is 1.99. The van der Waals surface area contributed by atoms with E-state index in [9.17, 15) is 4.79 Å². The number of rotatable bonds is 4. The van der Waals surface area contributed by atoms with Gasteiger partial charge in [0.1, 0.15) is 0 Å². The van der Waals surface area contributed by atoms with Crippen LogP contribution in [0.2, 0.25) is 0 Å². The van der Waals surface area contributed by atoms with Crippen molar-refractivity contribution in [1.29, 1.82) is 0 Å². The zero-order chi connectivity index (χ0) is 9.68. The average molecular weight is 199 g/mol. The van der Waals surface area contributed by atoms with E-state index in [1.165, 1.54) is 17.8 Å². The van der Waals surface area contributed by atoms with Crippen LogP contribution in [0, 0.1) is 0 Å². The first-order valence-corrected chi connectivity index (χ1v) is 5.18. The molecule has 0 aliphatic heterocycles. The second kappa shape index (κ2) is 5.04. The van der Waals surface area contributed by atoms with Crippen LogP contribution in [0.1, 0.15) is 12.6 Å². The van der Waals surface area contributed by atoms with Gasteiger partial charge in [-0.1, -0.05) is 18.7 Å². The summed E-state index contributed by atoms with van der Waals surface area (Å²) in [5.74, 6) is 0.774. The fourth-order valence-electron chi connectivity index (χ4n) is 0.889. The van der Waals surface area contributed by atoms with Crippen molar-refractivity contribution in [3.05, 3.63) is 22.1 Å². The molecule has 0 amide bonds. The summed E-state index contributed by atoms with van der Waals surface area (Å²) >= 11 is 1.47. The zero-order valence-electron chi connectivity index (χ0n) is 7.54. The van der Waals surface area contributed by atoms with Crippen molar-refractivity contribution in [2.75, 3.05) is 12.3 Å². The maximum atomic E-state index is 11.1. The minimum Gasteiger partial charge on any atom is -0.330 e. The number of thioether (sulfide) groups is 1. The lowest BCUT2D eigenvalue weighted by Gasteiger charge is -2.00. The molecule has 0 radical (unpaired) electrons. The van der Waals surface area contributed by atoms with Crippen molar-refractivity contribution < 1.29 is 0 Å². The fraction of sp³-hybridized carbons (Fsp3) is 0.500. The van der Waals surface area contributed by atoms with E-state index in [2.05, 4.69) is 9.97 Å². The van der Waals surface area contributed by atoms with Crippen LogP contribution in [-0.4, -0.2) is 22.3 Å². The number of aromatic nitrogens is 2. The summed E-state index contributed by atoms with van der Waals surface area (Å²) in [7, 11) is 0. The van der Waals surface area contributed by atoms with Crippen LogP contribution in [0.25, 0.3) is 0 Å². The fourth-order valence-corrected chi connectivity index (χ4v) is 1.55. The van der Waals surface area contributed by atoms with Gasteiger partial charge in [0.25, 0.3) is 5.56 Å². The first-order valence-electron chi connectivity index (χ1n) is 4.19. The van der Waals surface area contributed by atoms with Gasteiger partial charge in [0.05, 0.1) is 0 Å². The van der Waals surface area contributed by atoms with E-state index in [-0.39, 0.29) is 5.56 Å². The summed E-state index contributed by atoms with van der Waals surface area (Å²) in [4.78, 5) is 18.0. The van der Waals surface area contributed by atoms with E-state index < -0.39 is 0 Å². The van der Waals surface area contributed by atoms with E-state index >= 15 is 0 Å². The molecule has 0 atom stereocenters. The van der Waals surface area contributed by atoms with Gasteiger partial charge >= 0.3 is 0 Å². The highest BCUT2D eigenvalue weighted by molar-refractivity contribution is 7.99. The van der Waals surface area contributed by atoms with E-state index in [1.807, 2.05) is 6.92 Å². The van der Waals surface area contributed by atoms with Crippen LogP contribution in [0.5, 0.6) is 0 Å². The third kappa shape index (κ3) is 3.20. The van der Waals surface area contributed by atoms with Crippen molar-refractivity contribution in [1.82, 2.24) is 9.97 Å². The minimum atomic E-state index is -0.0913. The molecule has 13 heavy (non-hydrogen) atoms. The summed E-state index contributed by atoms with van der Waals surface area (Å²) in [6.45, 7) is 2.56. The second-order valence-electron chi connectivity index (χ2n) is 2.53. The predicted molar refractivity (Wildman–Crippen MR) is 54.0 cm³/mol. The SMILES string of the molecule is CCc1cc(=O)[nH]c(SCCN)n1. The molecule has 0 saturated heterocycles. The minimum absolute atomic E-state index is 0.0913. The average Bonchev–Trinajstić information content (AvgIpc) is 2.14. The quantitative estimate of drug-likeness (QED) is 0.543. The molecule has 1 aromatic rings. The molecule has 0 aromatic carbocycles. The molecule has 72 valence electrons. The summed E-state index contributed by atoms with van der Waals surface area (Å²) < 4.78 is 0. The number of aryl methyl sites for hydroxylation is 1. The molecule has 5 heteroatoms. The molecule has 1 aromatic heterocycles. The van der Waals surface area contributed by atoms with Gasteiger partial charge in [0.2, 0.25) is 0 Å². The summed E-state index contributed by atoms with van der Waals surface area (Å²) in [6, 6.07) is 1.52. The Labute approximate surface area is 81.0 Å². The Kier molecular flexibility index (Phi) is 3.98. The molecular formula is C8H13N3OS. The molecule has 0 spiro atoms. The van der Waals surface area contributed by atoms with Crippen LogP contribution in [0.3, 0.4) is 0 Å². The van der Waals surface area contributed by atoms with E-state index in [0.717, 1.165) is 17.9 Å². The number of hydrogen-bond donors (Lipinski definition) is 2. The van der Waals surface area contributed by atoms with E-state index in [0.29, 0.717) is 11.7 Å². The topological polar surface area (TPSA) is 71.8 Å². The van der Waals surface area contributed by atoms with Gasteiger partial charge in [-0.3, -0.25) is 4.79 Å². The van der Waals surface area contributed by atoms with Crippen molar-refractivity contribution in [2.45, 2.75) is 18.5 Å². The lowest BCUT2D eigenvalue weighted by molar-refractivity contribution is 0.868. The Balaban J connectivity index is 2.82. The molecule has 1 rings (SSSR count). The second-order valence-corrected chi connectivity index (χ2v) is 3.62. The molecule has 1 heterocycles. The molecule has 0 aliphatic rings. The number of hydrogen-bond acceptors (Lipinski definition) is 4. The van der Waals surface area contributed by atoms with Gasteiger partial charge in [0, 0.05) is 24.1 Å². The van der Waals surface area contributed by atoms with Crippen LogP contribution in [0.4, 0.5) is 0 Å². The largest absolute Gasteiger partial charge is 0.330 e. The smallest absolute Gasteiger partial charge is 0.251 e. The summed E-state index contributed by atoms with van der Waals surface area (Å²) in [6.07, 6.45) is 0.778. The van der Waals surface area contributed by atoms with Gasteiger partial charge < -0.3 is 10.7 Å². The molecular weight excluding hydrogens is 186 g/mol. The third-order valence-corrected chi connectivity index (χ3v) is 2.40. The van der Waals surface area contributed by atoms with Crippen molar-refractivity contribution >= 4 is 11.8 Å². The van der Waals surface area contributed by atoms with Gasteiger partial charge in [-0.15, -0.1) is 0 Å². The Morgan fingerprint density at radius 2 is 2.46 bits per heavy atom. The first kappa shape index (κ1) is 10.3. The van der Waals surface area contributed by atoms with Crippen molar-refractivity contribution in [2.24, 2.45) is 5.73 Å². The van der Waals surface area contributed by atoms with Gasteiger partial charge in [-0.25, -0.2) is 4.98 Å². The molecule has 0 aliphatic carbocycles. The number of aromatic amines is 1. The molecule has 4 nitrogen and oxygen atoms in total. The molecule has 0 fully saturated rings. The molecule has 0 unspecified atom stereocenters. The van der Waals surface area contributed by atoms with E-state index in [4.69, 9.17) is 5.73 Å². The monoisotopic (exact) mass is 199 g/mol. The summed E-state index contributed by atoms with van der Waals surface area (Å²) in [5.41, 5.74) is 6.08. The van der Waals surface area contributed by atoms with Gasteiger partial charge in [-0.05, 0) is 6.42 Å². The number of nitrogens with one attached hydrogen (secondary N) is 1. The Hall–Kier alpha value is -0.810. The lowest BCUT2D eigenvalue weighted by atomic mass is 10.3.